The first-order valence-electron chi connectivity index (χ1n) is 30.2. The van der Waals surface area contributed by atoms with Crippen molar-refractivity contribution in [3.05, 3.63) is 144 Å². The summed E-state index contributed by atoms with van der Waals surface area (Å²) in [6, 6.07) is 38.4. The smallest absolute Gasteiger partial charge is 0.310 e. The van der Waals surface area contributed by atoms with Crippen LogP contribution in [0.1, 0.15) is 158 Å². The van der Waals surface area contributed by atoms with Gasteiger partial charge in [-0.05, 0) is 63.6 Å². The van der Waals surface area contributed by atoms with Crippen molar-refractivity contribution in [2.24, 2.45) is 0 Å². The van der Waals surface area contributed by atoms with Gasteiger partial charge in [0.15, 0.2) is 25.0 Å². The zero-order valence-electron chi connectivity index (χ0n) is 50.2. The second-order valence-electron chi connectivity index (χ2n) is 22.4. The lowest BCUT2D eigenvalue weighted by molar-refractivity contribution is -0.486. The van der Waals surface area contributed by atoms with E-state index in [-0.39, 0.29) is 38.4 Å². The maximum absolute atomic E-state index is 14.5. The molecule has 0 saturated carbocycles. The fraction of sp³-hybridized carbons (Fsp3) is 0.597. The average molecular weight is 1150 g/mol. The summed E-state index contributed by atoms with van der Waals surface area (Å²) in [5.74, 6) is -4.36. The molecule has 14 atom stereocenters. The zero-order chi connectivity index (χ0) is 59.0. The number of fused-ring (bicyclic) bond motifs is 1. The molecule has 3 fully saturated rings. The molecule has 0 aliphatic carbocycles. The van der Waals surface area contributed by atoms with E-state index in [1.54, 1.807) is 38.1 Å². The zero-order valence-corrected chi connectivity index (χ0v) is 50.2. The van der Waals surface area contributed by atoms with E-state index in [1.165, 1.54) is 14.2 Å². The summed E-state index contributed by atoms with van der Waals surface area (Å²) < 4.78 is 86.7. The van der Waals surface area contributed by atoms with Crippen LogP contribution >= 0.6 is 0 Å². The highest BCUT2D eigenvalue weighted by Crippen LogP contribution is 2.46. The Kier molecular flexibility index (Phi) is 26.6. The minimum absolute atomic E-state index is 0.165. The van der Waals surface area contributed by atoms with Crippen molar-refractivity contribution >= 4 is 17.7 Å². The highest BCUT2D eigenvalue weighted by molar-refractivity contribution is 5.97. The molecular weight excluding hydrogens is 1060 g/mol. The predicted molar refractivity (Wildman–Crippen MR) is 312 cm³/mol. The van der Waals surface area contributed by atoms with E-state index >= 15 is 0 Å². The van der Waals surface area contributed by atoms with E-state index in [0.717, 1.165) is 80.9 Å². The van der Waals surface area contributed by atoms with Gasteiger partial charge in [-0.1, -0.05) is 193 Å². The molecule has 0 amide bonds. The molecule has 0 spiro atoms. The normalized spacial score (nSPS) is 27.7. The molecular formula is C67H92O16. The summed E-state index contributed by atoms with van der Waals surface area (Å²) >= 11 is 0. The van der Waals surface area contributed by atoms with Crippen molar-refractivity contribution in [2.75, 3.05) is 20.8 Å². The molecule has 0 N–H and O–H groups in total. The van der Waals surface area contributed by atoms with Gasteiger partial charge in [0.1, 0.15) is 42.7 Å². The van der Waals surface area contributed by atoms with E-state index in [2.05, 4.69) is 13.8 Å². The largest absolute Gasteiger partial charge is 0.462 e. The molecule has 4 aromatic carbocycles. The van der Waals surface area contributed by atoms with Gasteiger partial charge in [0.2, 0.25) is 11.6 Å². The van der Waals surface area contributed by atoms with Crippen LogP contribution < -0.4 is 0 Å². The molecule has 7 rings (SSSR count). The fourth-order valence-corrected chi connectivity index (χ4v) is 10.9. The first kappa shape index (κ1) is 65.6. The SMILES string of the molecule is CCCCCCC[C@H](CC(=O)OCC(=O)c1ccccc1)OC(=O)C[C@@H](CCCCCCC)O[C@@H]1O[C@@H](C)[C@@H]2O[C@@](C)(OC)[C@](C)(OC)O[C@H]2[C@H]1O[C@@H]1O[C@@H](C)[C@H](OCc2ccccc2)[C@@H](OCc2ccccc2)[C@H]1OCc1ccccc1. The Balaban J connectivity index is 1.20. The standard InChI is InChI=1S/C67H92O16/c1-9-11-13-15-29-39-53(41-56(69)73-46-55(68)52-37-27-20-28-38-52)79-57(70)42-54(40-30-16-14-12-10-2)80-65-63(61-59(48(4)78-65)82-66(5,71-7)67(6,72-8)83-61)81-64-62(76-45-51-35-25-19-26-36-51)60(75-44-50-33-23-18-24-34-50)58(47(3)77-64)74-43-49-31-21-17-22-32-49/h17-28,31-38,47-48,53-54,58-65H,9-16,29-30,39-46H2,1-8H3/t47-,48-,53+,54+,58-,59-,60+,61+,62+,63+,64-,65-,66+,67+/m0/s1. The quantitative estimate of drug-likeness (QED) is 0.0242. The Morgan fingerprint density at radius 3 is 1.49 bits per heavy atom. The van der Waals surface area contributed by atoms with Crippen LogP contribution in [0.5, 0.6) is 0 Å². The van der Waals surface area contributed by atoms with Gasteiger partial charge in [-0.25, -0.2) is 0 Å². The second-order valence-corrected chi connectivity index (χ2v) is 22.4. The minimum Gasteiger partial charge on any atom is -0.462 e. The number of esters is 2. The minimum atomic E-state index is -1.47. The van der Waals surface area contributed by atoms with Crippen LogP contribution in [-0.4, -0.2) is 124 Å². The van der Waals surface area contributed by atoms with Crippen LogP contribution in [0.15, 0.2) is 121 Å². The van der Waals surface area contributed by atoms with Crippen LogP contribution in [0.25, 0.3) is 0 Å². The maximum Gasteiger partial charge on any atom is 0.310 e. The van der Waals surface area contributed by atoms with Crippen molar-refractivity contribution in [1.82, 2.24) is 0 Å². The van der Waals surface area contributed by atoms with Gasteiger partial charge >= 0.3 is 11.9 Å². The highest BCUT2D eigenvalue weighted by atomic mass is 16.8. The summed E-state index contributed by atoms with van der Waals surface area (Å²) in [4.78, 5) is 40.7. The van der Waals surface area contributed by atoms with Gasteiger partial charge in [0.05, 0.1) is 51.0 Å². The predicted octanol–water partition coefficient (Wildman–Crippen LogP) is 12.4. The Morgan fingerprint density at radius 2 is 0.964 bits per heavy atom. The van der Waals surface area contributed by atoms with Gasteiger partial charge in [-0.2, -0.15) is 0 Å². The number of carbonyl (C=O) groups is 3. The Bertz CT molecular complexity index is 2490. The molecule has 16 heteroatoms. The summed E-state index contributed by atoms with van der Waals surface area (Å²) in [6.07, 6.45) is -0.105. The molecule has 0 unspecified atom stereocenters. The summed E-state index contributed by atoms with van der Waals surface area (Å²) in [5, 5.41) is 0. The highest BCUT2D eigenvalue weighted by Gasteiger charge is 2.63. The molecule has 83 heavy (non-hydrogen) atoms. The first-order valence-corrected chi connectivity index (χ1v) is 30.2. The van der Waals surface area contributed by atoms with Crippen molar-refractivity contribution in [1.29, 1.82) is 0 Å². The molecule has 16 nitrogen and oxygen atoms in total. The van der Waals surface area contributed by atoms with Crippen LogP contribution in [0.2, 0.25) is 0 Å². The third kappa shape index (κ3) is 19.3. The van der Waals surface area contributed by atoms with Crippen molar-refractivity contribution in [3.8, 4) is 0 Å². The monoisotopic (exact) mass is 1150 g/mol. The number of hydrogen-bond acceptors (Lipinski definition) is 16. The molecule has 3 aliphatic rings. The third-order valence-electron chi connectivity index (χ3n) is 16.1. The van der Waals surface area contributed by atoms with Gasteiger partial charge in [0, 0.05) is 19.8 Å². The first-order chi connectivity index (χ1) is 40.3. The van der Waals surface area contributed by atoms with Crippen molar-refractivity contribution in [2.45, 2.75) is 236 Å². The Labute approximate surface area is 492 Å². The van der Waals surface area contributed by atoms with E-state index in [1.807, 2.05) is 111 Å². The second kappa shape index (κ2) is 33.7. The lowest BCUT2D eigenvalue weighted by Gasteiger charge is -2.57. The number of hydrogen-bond donors (Lipinski definition) is 0. The molecule has 0 radical (unpaired) electrons. The molecule has 456 valence electrons. The number of ether oxygens (including phenoxy) is 13. The van der Waals surface area contributed by atoms with Crippen molar-refractivity contribution in [3.63, 3.8) is 0 Å². The van der Waals surface area contributed by atoms with E-state index in [0.29, 0.717) is 18.4 Å². The maximum atomic E-state index is 14.5. The van der Waals surface area contributed by atoms with E-state index < -0.39 is 104 Å². The summed E-state index contributed by atoms with van der Waals surface area (Å²) in [7, 11) is 3.06. The number of ketones is 1. The van der Waals surface area contributed by atoms with Crippen molar-refractivity contribution < 1.29 is 76.0 Å². The lowest BCUT2D eigenvalue weighted by Crippen LogP contribution is -2.73. The topological polar surface area (TPSA) is 171 Å². The van der Waals surface area contributed by atoms with Crippen LogP contribution in [-0.2, 0) is 91.0 Å². The average Bonchev–Trinajstić information content (AvgIpc) is 3.45. The van der Waals surface area contributed by atoms with Gasteiger partial charge < -0.3 is 61.6 Å². The van der Waals surface area contributed by atoms with Crippen LogP contribution in [0, 0.1) is 0 Å². The molecule has 3 saturated heterocycles. The van der Waals surface area contributed by atoms with E-state index in [4.69, 9.17) is 61.6 Å². The van der Waals surface area contributed by atoms with Crippen LogP contribution in [0.3, 0.4) is 0 Å². The Hall–Kier alpha value is -4.95. The van der Waals surface area contributed by atoms with Gasteiger partial charge in [-0.3, -0.25) is 14.4 Å². The number of Topliss-reactive ketones (excluding diaryl/α,β-unsaturated/α-hetero) is 1. The number of rotatable bonds is 35. The molecule has 4 aromatic rings. The van der Waals surface area contributed by atoms with Gasteiger partial charge in [-0.15, -0.1) is 0 Å². The summed E-state index contributed by atoms with van der Waals surface area (Å²) in [6.45, 7) is 11.9. The molecule has 3 aliphatic heterocycles. The number of carbonyl (C=O) groups excluding carboxylic acids is 3. The number of methoxy groups -OCH3 is 2. The van der Waals surface area contributed by atoms with Gasteiger partial charge in [0.25, 0.3) is 0 Å². The number of benzene rings is 4. The third-order valence-corrected chi connectivity index (χ3v) is 16.1. The van der Waals surface area contributed by atoms with Crippen LogP contribution in [0.4, 0.5) is 0 Å². The molecule has 0 bridgehead atoms. The Morgan fingerprint density at radius 1 is 0.506 bits per heavy atom. The number of unbranched alkanes of at least 4 members (excludes halogenated alkanes) is 8. The summed E-state index contributed by atoms with van der Waals surface area (Å²) in [5.41, 5.74) is 3.30. The van der Waals surface area contributed by atoms with E-state index in [9.17, 15) is 14.4 Å². The molecule has 3 heterocycles. The lowest BCUT2D eigenvalue weighted by atomic mass is 9.93. The fourth-order valence-electron chi connectivity index (χ4n) is 10.9. The molecule has 0 aromatic heterocycles.